The maximum Gasteiger partial charge on any atom is 0.243 e. The van der Waals surface area contributed by atoms with E-state index in [4.69, 9.17) is 9.47 Å². The van der Waals surface area contributed by atoms with Crippen LogP contribution in [0.1, 0.15) is 12.0 Å². The van der Waals surface area contributed by atoms with Gasteiger partial charge in [-0.1, -0.05) is 18.2 Å². The fourth-order valence-corrected chi connectivity index (χ4v) is 5.49. The maximum absolute atomic E-state index is 12.9. The van der Waals surface area contributed by atoms with Gasteiger partial charge >= 0.3 is 0 Å². The van der Waals surface area contributed by atoms with Crippen molar-refractivity contribution in [3.63, 3.8) is 0 Å². The molecule has 0 unspecified atom stereocenters. The van der Waals surface area contributed by atoms with Crippen molar-refractivity contribution < 1.29 is 17.9 Å². The van der Waals surface area contributed by atoms with Crippen molar-refractivity contribution >= 4 is 10.0 Å². The summed E-state index contributed by atoms with van der Waals surface area (Å²) in [5.41, 5.74) is 0.329. The summed E-state index contributed by atoms with van der Waals surface area (Å²) in [5.74, 6) is 0.893. The van der Waals surface area contributed by atoms with Crippen LogP contribution in [0.5, 0.6) is 5.75 Å². The Balaban J connectivity index is 1.44. The third-order valence-corrected chi connectivity index (χ3v) is 7.24. The zero-order valence-corrected chi connectivity index (χ0v) is 15.5. The fraction of sp³-hybridized carbons (Fsp3) is 0.421. The molecule has 26 heavy (non-hydrogen) atoms. The fourth-order valence-electron chi connectivity index (χ4n) is 3.70. The number of aryl methyl sites for hydroxylation is 1. The second kappa shape index (κ2) is 6.64. The van der Waals surface area contributed by atoms with Crippen LogP contribution in [0, 0.1) is 12.8 Å². The minimum Gasteiger partial charge on any atom is -0.492 e. The largest absolute Gasteiger partial charge is 0.492 e. The van der Waals surface area contributed by atoms with E-state index in [0.29, 0.717) is 31.2 Å². The first-order valence-corrected chi connectivity index (χ1v) is 10.2. The average Bonchev–Trinajstić information content (AvgIpc) is 3.04. The molecule has 2 aliphatic heterocycles. The average molecular weight is 374 g/mol. The Morgan fingerprint density at radius 2 is 2.08 bits per heavy atom. The van der Waals surface area contributed by atoms with Crippen LogP contribution in [-0.4, -0.2) is 49.6 Å². The Hall–Kier alpha value is -1.96. The molecule has 7 heteroatoms. The van der Waals surface area contributed by atoms with Crippen molar-refractivity contribution in [2.75, 3.05) is 26.3 Å². The first-order chi connectivity index (χ1) is 12.5. The molecule has 2 fully saturated rings. The highest BCUT2D eigenvalue weighted by Crippen LogP contribution is 2.42. The van der Waals surface area contributed by atoms with Crippen molar-refractivity contribution in [1.29, 1.82) is 0 Å². The van der Waals surface area contributed by atoms with Crippen molar-refractivity contribution in [2.45, 2.75) is 23.8 Å². The van der Waals surface area contributed by atoms with Crippen molar-refractivity contribution in [3.8, 4) is 5.75 Å². The molecule has 2 aliphatic rings. The molecule has 0 amide bonds. The van der Waals surface area contributed by atoms with E-state index in [0.717, 1.165) is 17.7 Å². The van der Waals surface area contributed by atoms with E-state index in [-0.39, 0.29) is 5.92 Å². The molecule has 0 saturated carbocycles. The lowest BCUT2D eigenvalue weighted by atomic mass is 9.83. The minimum absolute atomic E-state index is 0.172. The summed E-state index contributed by atoms with van der Waals surface area (Å²) in [7, 11) is -3.48. The van der Waals surface area contributed by atoms with Crippen LogP contribution in [0.25, 0.3) is 0 Å². The van der Waals surface area contributed by atoms with Crippen LogP contribution in [0.15, 0.2) is 53.7 Å². The highest BCUT2D eigenvalue weighted by Gasteiger charge is 2.56. The molecule has 1 aromatic carbocycles. The quantitative estimate of drug-likeness (QED) is 0.803. The van der Waals surface area contributed by atoms with E-state index in [2.05, 4.69) is 4.98 Å². The van der Waals surface area contributed by atoms with Gasteiger partial charge in [0.15, 0.2) is 0 Å². The number of sulfonamides is 1. The van der Waals surface area contributed by atoms with Gasteiger partial charge in [-0.3, -0.25) is 4.98 Å². The summed E-state index contributed by atoms with van der Waals surface area (Å²) in [6, 6.07) is 10.8. The van der Waals surface area contributed by atoms with Gasteiger partial charge in [-0.2, -0.15) is 4.31 Å². The molecular formula is C19H22N2O4S. The maximum atomic E-state index is 12.9. The molecule has 138 valence electrons. The van der Waals surface area contributed by atoms with Gasteiger partial charge in [0.2, 0.25) is 10.0 Å². The third-order valence-electron chi connectivity index (χ3n) is 5.28. The van der Waals surface area contributed by atoms with Crippen LogP contribution >= 0.6 is 0 Å². The molecule has 0 radical (unpaired) electrons. The molecule has 2 saturated heterocycles. The second-order valence-corrected chi connectivity index (χ2v) is 8.84. The van der Waals surface area contributed by atoms with Gasteiger partial charge in [0.05, 0.1) is 17.7 Å². The normalized spacial score (nSPS) is 22.3. The highest BCUT2D eigenvalue weighted by atomic mass is 32.2. The number of ether oxygens (including phenoxy) is 2. The molecule has 3 heterocycles. The van der Waals surface area contributed by atoms with Crippen molar-refractivity contribution in [2.24, 2.45) is 5.92 Å². The number of hydrogen-bond donors (Lipinski definition) is 0. The second-order valence-electron chi connectivity index (χ2n) is 6.94. The van der Waals surface area contributed by atoms with Gasteiger partial charge in [-0.25, -0.2) is 8.42 Å². The predicted octanol–water partition coefficient (Wildman–Crippen LogP) is 2.25. The zero-order valence-electron chi connectivity index (χ0n) is 14.7. The van der Waals surface area contributed by atoms with Crippen molar-refractivity contribution in [1.82, 2.24) is 9.29 Å². The lowest BCUT2D eigenvalue weighted by Gasteiger charge is -2.49. The number of nitrogens with zero attached hydrogens (tertiary/aromatic N) is 2. The van der Waals surface area contributed by atoms with Crippen molar-refractivity contribution in [3.05, 3.63) is 54.4 Å². The molecule has 1 atom stereocenters. The van der Waals surface area contributed by atoms with Gasteiger partial charge in [0.1, 0.15) is 11.4 Å². The van der Waals surface area contributed by atoms with Crippen LogP contribution in [-0.2, 0) is 14.8 Å². The number of pyridine rings is 1. The highest BCUT2D eigenvalue weighted by molar-refractivity contribution is 7.89. The molecule has 2 aromatic rings. The SMILES string of the molecule is Cc1ccccc1S(=O)(=O)N1CC2(C1)OCC[C@H]2COc1cccnc1. The summed E-state index contributed by atoms with van der Waals surface area (Å²) < 4.78 is 39.1. The minimum atomic E-state index is -3.48. The summed E-state index contributed by atoms with van der Waals surface area (Å²) >= 11 is 0. The number of hydrogen-bond acceptors (Lipinski definition) is 5. The van der Waals surface area contributed by atoms with E-state index >= 15 is 0 Å². The Kier molecular flexibility index (Phi) is 4.46. The first-order valence-electron chi connectivity index (χ1n) is 8.74. The third kappa shape index (κ3) is 3.00. The molecule has 1 spiro atoms. The smallest absolute Gasteiger partial charge is 0.243 e. The molecule has 1 aromatic heterocycles. The lowest BCUT2D eigenvalue weighted by Crippen LogP contribution is -2.66. The van der Waals surface area contributed by atoms with E-state index < -0.39 is 15.6 Å². The zero-order chi connectivity index (χ0) is 18.2. The summed E-state index contributed by atoms with van der Waals surface area (Å²) in [5, 5.41) is 0. The lowest BCUT2D eigenvalue weighted by molar-refractivity contribution is -0.107. The van der Waals surface area contributed by atoms with Crippen LogP contribution in [0.4, 0.5) is 0 Å². The molecule has 0 aliphatic carbocycles. The topological polar surface area (TPSA) is 68.7 Å². The molecular weight excluding hydrogens is 352 g/mol. The van der Waals surface area contributed by atoms with Crippen LogP contribution < -0.4 is 4.74 Å². The monoisotopic (exact) mass is 374 g/mol. The van der Waals surface area contributed by atoms with E-state index in [1.807, 2.05) is 31.2 Å². The number of rotatable bonds is 5. The number of benzene rings is 1. The van der Waals surface area contributed by atoms with Gasteiger partial charge < -0.3 is 9.47 Å². The van der Waals surface area contributed by atoms with Crippen LogP contribution in [0.3, 0.4) is 0 Å². The predicted molar refractivity (Wildman–Crippen MR) is 96.5 cm³/mol. The molecule has 6 nitrogen and oxygen atoms in total. The Morgan fingerprint density at radius 3 is 2.81 bits per heavy atom. The van der Waals surface area contributed by atoms with Gasteiger partial charge in [0, 0.05) is 31.8 Å². The summed E-state index contributed by atoms with van der Waals surface area (Å²) in [6.45, 7) is 3.72. The van der Waals surface area contributed by atoms with Gasteiger partial charge in [-0.15, -0.1) is 0 Å². The van der Waals surface area contributed by atoms with E-state index in [9.17, 15) is 8.42 Å². The Morgan fingerprint density at radius 1 is 1.27 bits per heavy atom. The van der Waals surface area contributed by atoms with Gasteiger partial charge in [-0.05, 0) is 37.1 Å². The summed E-state index contributed by atoms with van der Waals surface area (Å²) in [6.07, 6.45) is 4.25. The van der Waals surface area contributed by atoms with Gasteiger partial charge in [0.25, 0.3) is 0 Å². The Labute approximate surface area is 153 Å². The first kappa shape index (κ1) is 17.5. The van der Waals surface area contributed by atoms with E-state index in [1.165, 1.54) is 4.31 Å². The van der Waals surface area contributed by atoms with Crippen LogP contribution in [0.2, 0.25) is 0 Å². The van der Waals surface area contributed by atoms with E-state index in [1.54, 1.807) is 24.5 Å². The molecule has 0 bridgehead atoms. The standard InChI is InChI=1S/C19H22N2O4S/c1-15-5-2-3-7-18(15)26(22,23)21-13-19(14-21)16(8-10-25-19)12-24-17-6-4-9-20-11-17/h2-7,9,11,16H,8,10,12-14H2,1H3/t16-/m0/s1. The summed E-state index contributed by atoms with van der Waals surface area (Å²) in [4.78, 5) is 4.41. The molecule has 0 N–H and O–H groups in total. The Bertz CT molecular complexity index is 879. The number of aromatic nitrogens is 1. The molecule has 4 rings (SSSR count).